The molecular weight excluding hydrogens is 640 g/mol. The van der Waals surface area contributed by atoms with E-state index in [1.54, 1.807) is 0 Å². The standard InChI is InChI=1S/C15H9Cl3F12O4P2/c16-12(17,18)9(35(31)32)36(33,7-4-2-1-3-5-7)34-6-10(21,22)13(25,26)15(29,30)14(27,28)11(23,24)8(19)20/h1-5,8-9H,6H2/p+1. The van der Waals surface area contributed by atoms with E-state index in [0.29, 0.717) is 12.1 Å². The molecule has 1 aromatic rings. The Morgan fingerprint density at radius 2 is 1.31 bits per heavy atom. The SMILES string of the molecule is O=[P+](O)C(C(Cl)(Cl)Cl)P(=O)(OCC(F)(F)C(F)(F)C(F)(F)C(F)(F)C(F)(F)C(F)F)c1ccccc1. The monoisotopic (exact) mass is 649 g/mol. The number of rotatable bonds is 11. The molecule has 0 radical (unpaired) electrons. The van der Waals surface area contributed by atoms with Crippen LogP contribution in [0.4, 0.5) is 52.7 Å². The zero-order valence-electron chi connectivity index (χ0n) is 16.5. The van der Waals surface area contributed by atoms with E-state index < -0.39 is 72.5 Å². The molecule has 1 rings (SSSR count). The van der Waals surface area contributed by atoms with Crippen LogP contribution in [0.15, 0.2) is 30.3 Å². The minimum absolute atomic E-state index is 0.700. The lowest BCUT2D eigenvalue weighted by molar-refractivity contribution is -0.414. The lowest BCUT2D eigenvalue weighted by atomic mass is 9.95. The van der Waals surface area contributed by atoms with Gasteiger partial charge in [0.25, 0.3) is 7.37 Å². The molecule has 3 atom stereocenters. The number of halogens is 15. The average Bonchev–Trinajstić information content (AvgIpc) is 2.71. The number of hydrogen-bond donors (Lipinski definition) is 1. The van der Waals surface area contributed by atoms with E-state index in [4.69, 9.17) is 34.8 Å². The lowest BCUT2D eigenvalue weighted by Crippen LogP contribution is -2.69. The van der Waals surface area contributed by atoms with Gasteiger partial charge in [-0.05, 0) is 16.7 Å². The van der Waals surface area contributed by atoms with Crippen LogP contribution in [-0.2, 0) is 13.7 Å². The largest absolute Gasteiger partial charge is 0.524 e. The summed E-state index contributed by atoms with van der Waals surface area (Å²) in [4.78, 5) is 9.41. The third-order valence-electron chi connectivity index (χ3n) is 4.32. The van der Waals surface area contributed by atoms with Gasteiger partial charge in [-0.15, -0.1) is 0 Å². The highest BCUT2D eigenvalue weighted by Gasteiger charge is 2.88. The molecule has 0 fully saturated rings. The first-order chi connectivity index (χ1) is 15.8. The Labute approximate surface area is 209 Å². The number of alkyl halides is 15. The van der Waals surface area contributed by atoms with Crippen molar-refractivity contribution in [1.29, 1.82) is 0 Å². The molecule has 208 valence electrons. The molecule has 0 aromatic heterocycles. The molecule has 0 aliphatic heterocycles. The van der Waals surface area contributed by atoms with Crippen LogP contribution in [0.1, 0.15) is 0 Å². The van der Waals surface area contributed by atoms with E-state index in [1.807, 2.05) is 0 Å². The lowest BCUT2D eigenvalue weighted by Gasteiger charge is -2.39. The van der Waals surface area contributed by atoms with E-state index >= 15 is 0 Å². The molecule has 4 nitrogen and oxygen atoms in total. The molecule has 0 spiro atoms. The molecule has 0 amide bonds. The topological polar surface area (TPSA) is 63.6 Å². The van der Waals surface area contributed by atoms with Gasteiger partial charge in [0.2, 0.25) is 3.79 Å². The summed E-state index contributed by atoms with van der Waals surface area (Å²) < 4.78 is 186. The Morgan fingerprint density at radius 3 is 1.67 bits per heavy atom. The zero-order chi connectivity index (χ0) is 28.8. The average molecular weight is 651 g/mol. The van der Waals surface area contributed by atoms with Crippen molar-refractivity contribution in [3.05, 3.63) is 30.3 Å². The quantitative estimate of drug-likeness (QED) is 0.153. The first-order valence-electron chi connectivity index (χ1n) is 8.51. The van der Waals surface area contributed by atoms with E-state index in [2.05, 4.69) is 4.52 Å². The molecule has 0 heterocycles. The van der Waals surface area contributed by atoms with Gasteiger partial charge in [-0.2, -0.15) is 48.8 Å². The van der Waals surface area contributed by atoms with Crippen LogP contribution in [0.5, 0.6) is 0 Å². The molecule has 0 saturated heterocycles. The van der Waals surface area contributed by atoms with Crippen LogP contribution >= 0.6 is 50.2 Å². The second kappa shape index (κ2) is 10.6. The number of hydrogen-bond acceptors (Lipinski definition) is 3. The predicted octanol–water partition coefficient (Wildman–Crippen LogP) is 7.48. The van der Waals surface area contributed by atoms with E-state index in [1.165, 1.54) is 6.07 Å². The maximum Gasteiger partial charge on any atom is 0.524 e. The van der Waals surface area contributed by atoms with Gasteiger partial charge >= 0.3 is 49.5 Å². The van der Waals surface area contributed by atoms with Gasteiger partial charge < -0.3 is 4.52 Å². The molecule has 1 aromatic carbocycles. The second-order valence-corrected chi connectivity index (χ2v) is 13.2. The second-order valence-electron chi connectivity index (χ2n) is 6.78. The zero-order valence-corrected chi connectivity index (χ0v) is 20.5. The fraction of sp³-hybridized carbons (Fsp3) is 0.600. The molecule has 0 bridgehead atoms. The van der Waals surface area contributed by atoms with E-state index in [0.717, 1.165) is 12.1 Å². The summed E-state index contributed by atoms with van der Waals surface area (Å²) in [7, 11) is -9.63. The Hall–Kier alpha value is -0.500. The van der Waals surface area contributed by atoms with Gasteiger partial charge in [0, 0.05) is 5.30 Å². The molecular formula is C15H10Cl3F12O4P2+. The van der Waals surface area contributed by atoms with Gasteiger partial charge in [0.05, 0.1) is 0 Å². The molecule has 3 unspecified atom stereocenters. The molecule has 36 heavy (non-hydrogen) atoms. The molecule has 0 saturated carbocycles. The predicted molar refractivity (Wildman–Crippen MR) is 104 cm³/mol. The number of benzene rings is 1. The first kappa shape index (κ1) is 33.5. The Morgan fingerprint density at radius 1 is 0.861 bits per heavy atom. The molecule has 0 aliphatic carbocycles. The maximum atomic E-state index is 14.1. The van der Waals surface area contributed by atoms with E-state index in [-0.39, 0.29) is 0 Å². The van der Waals surface area contributed by atoms with Gasteiger partial charge in [-0.3, -0.25) is 4.57 Å². The van der Waals surface area contributed by atoms with Crippen molar-refractivity contribution < 1.29 is 71.2 Å². The Bertz CT molecular complexity index is 992. The summed E-state index contributed by atoms with van der Waals surface area (Å²) in [6.45, 7) is -3.29. The maximum absolute atomic E-state index is 14.1. The Balaban J connectivity index is 3.59. The summed E-state index contributed by atoms with van der Waals surface area (Å²) in [5.74, 6) is -37.1. The summed E-state index contributed by atoms with van der Waals surface area (Å²) in [5, 5.41) is -3.74. The van der Waals surface area contributed by atoms with Crippen LogP contribution in [0, 0.1) is 0 Å². The van der Waals surface area contributed by atoms with Crippen molar-refractivity contribution in [1.82, 2.24) is 0 Å². The molecule has 0 aliphatic rings. The van der Waals surface area contributed by atoms with Crippen LogP contribution in [-0.4, -0.2) is 56.7 Å². The van der Waals surface area contributed by atoms with Crippen LogP contribution in [0.2, 0.25) is 0 Å². The van der Waals surface area contributed by atoms with Crippen molar-refractivity contribution >= 4 is 55.5 Å². The summed E-state index contributed by atoms with van der Waals surface area (Å²) >= 11 is 16.2. The van der Waals surface area contributed by atoms with Crippen molar-refractivity contribution in [3.8, 4) is 0 Å². The van der Waals surface area contributed by atoms with Crippen molar-refractivity contribution in [2.75, 3.05) is 6.61 Å². The highest BCUT2D eigenvalue weighted by atomic mass is 35.6. The van der Waals surface area contributed by atoms with Crippen molar-refractivity contribution in [3.63, 3.8) is 0 Å². The van der Waals surface area contributed by atoms with Crippen molar-refractivity contribution in [2.24, 2.45) is 0 Å². The molecule has 21 heteroatoms. The summed E-state index contributed by atoms with van der Waals surface area (Å²) in [6, 6.07) is 4.51. The highest BCUT2D eigenvalue weighted by Crippen LogP contribution is 2.67. The molecule has 1 N–H and O–H groups in total. The van der Waals surface area contributed by atoms with E-state index in [9.17, 15) is 66.7 Å². The fourth-order valence-electron chi connectivity index (χ4n) is 2.41. The fourth-order valence-corrected chi connectivity index (χ4v) is 8.11. The van der Waals surface area contributed by atoms with Gasteiger partial charge in [0.1, 0.15) is 6.61 Å². The van der Waals surface area contributed by atoms with Gasteiger partial charge in [-0.25, -0.2) is 8.78 Å². The van der Waals surface area contributed by atoms with Gasteiger partial charge in [-0.1, -0.05) is 53.0 Å². The van der Waals surface area contributed by atoms with Crippen LogP contribution < -0.4 is 5.30 Å². The van der Waals surface area contributed by atoms with Crippen LogP contribution in [0.25, 0.3) is 0 Å². The third-order valence-corrected chi connectivity index (χ3v) is 10.8. The summed E-state index contributed by atoms with van der Waals surface area (Å²) in [5.41, 5.74) is 0. The van der Waals surface area contributed by atoms with Crippen LogP contribution in [0.3, 0.4) is 0 Å². The minimum Gasteiger partial charge on any atom is -0.315 e. The summed E-state index contributed by atoms with van der Waals surface area (Å²) in [6.07, 6.45) is -5.69. The first-order valence-corrected chi connectivity index (χ1v) is 12.6. The van der Waals surface area contributed by atoms with Gasteiger partial charge in [0.15, 0.2) is 0 Å². The van der Waals surface area contributed by atoms with Crippen molar-refractivity contribution in [2.45, 2.75) is 45.2 Å². The third kappa shape index (κ3) is 5.74. The Kier molecular flexibility index (Phi) is 9.85. The smallest absolute Gasteiger partial charge is 0.315 e. The normalized spacial score (nSPS) is 17.6. The minimum atomic E-state index is -7.86. The highest BCUT2D eigenvalue weighted by molar-refractivity contribution is 7.76.